The SMILES string of the molecule is CC(C)N1CCO[C@@H](CC(=O)N2CCCN(Cc3cccs3)CC2)C1. The number of rotatable bonds is 5. The molecular weight excluding hydrogens is 334 g/mol. The first-order valence-corrected chi connectivity index (χ1v) is 10.4. The topological polar surface area (TPSA) is 36.0 Å². The number of thiophene rings is 1. The molecule has 5 nitrogen and oxygen atoms in total. The number of morpholine rings is 1. The Kier molecular flexibility index (Phi) is 6.87. The van der Waals surface area contributed by atoms with E-state index in [2.05, 4.69) is 41.2 Å². The summed E-state index contributed by atoms with van der Waals surface area (Å²) in [6.45, 7) is 11.8. The van der Waals surface area contributed by atoms with Crippen LogP contribution in [0.15, 0.2) is 17.5 Å². The molecule has 1 aromatic heterocycles. The molecule has 2 aliphatic heterocycles. The Morgan fingerprint density at radius 1 is 1.28 bits per heavy atom. The van der Waals surface area contributed by atoms with E-state index in [0.717, 1.165) is 58.8 Å². The average molecular weight is 366 g/mol. The second-order valence-corrected chi connectivity index (χ2v) is 8.41. The number of carbonyl (C=O) groups excluding carboxylic acids is 1. The van der Waals surface area contributed by atoms with Crippen molar-refractivity contribution in [1.29, 1.82) is 0 Å². The van der Waals surface area contributed by atoms with Crippen LogP contribution in [0.25, 0.3) is 0 Å². The molecule has 0 N–H and O–H groups in total. The van der Waals surface area contributed by atoms with Gasteiger partial charge in [0.2, 0.25) is 5.91 Å². The zero-order valence-corrected chi connectivity index (χ0v) is 16.3. The number of hydrogen-bond acceptors (Lipinski definition) is 5. The average Bonchev–Trinajstić information content (AvgIpc) is 2.99. The predicted octanol–water partition coefficient (Wildman–Crippen LogP) is 2.28. The van der Waals surface area contributed by atoms with Crippen LogP contribution < -0.4 is 0 Å². The zero-order valence-electron chi connectivity index (χ0n) is 15.5. The molecule has 1 aromatic rings. The largest absolute Gasteiger partial charge is 0.375 e. The molecule has 0 radical (unpaired) electrons. The fourth-order valence-electron chi connectivity index (χ4n) is 3.66. The van der Waals surface area contributed by atoms with Crippen LogP contribution in [0, 0.1) is 0 Å². The van der Waals surface area contributed by atoms with Gasteiger partial charge in [-0.1, -0.05) is 6.07 Å². The van der Waals surface area contributed by atoms with Crippen molar-refractivity contribution in [3.05, 3.63) is 22.4 Å². The molecule has 6 heteroatoms. The lowest BCUT2D eigenvalue weighted by Gasteiger charge is -2.36. The summed E-state index contributed by atoms with van der Waals surface area (Å²) in [5.74, 6) is 0.258. The third-order valence-corrected chi connectivity index (χ3v) is 6.06. The Hall–Kier alpha value is -0.950. The molecule has 2 saturated heterocycles. The van der Waals surface area contributed by atoms with Crippen LogP contribution in [0.4, 0.5) is 0 Å². The molecule has 2 aliphatic rings. The van der Waals surface area contributed by atoms with Gasteiger partial charge in [0.1, 0.15) is 0 Å². The monoisotopic (exact) mass is 365 g/mol. The van der Waals surface area contributed by atoms with E-state index >= 15 is 0 Å². The third-order valence-electron chi connectivity index (χ3n) is 5.20. The highest BCUT2D eigenvalue weighted by Crippen LogP contribution is 2.16. The highest BCUT2D eigenvalue weighted by Gasteiger charge is 2.27. The summed E-state index contributed by atoms with van der Waals surface area (Å²) in [6.07, 6.45) is 1.63. The summed E-state index contributed by atoms with van der Waals surface area (Å²) in [4.78, 5) is 21.1. The molecule has 0 spiro atoms. The lowest BCUT2D eigenvalue weighted by atomic mass is 10.1. The minimum Gasteiger partial charge on any atom is -0.375 e. The van der Waals surface area contributed by atoms with Gasteiger partial charge in [0, 0.05) is 56.7 Å². The van der Waals surface area contributed by atoms with E-state index < -0.39 is 0 Å². The number of nitrogens with zero attached hydrogens (tertiary/aromatic N) is 3. The second kappa shape index (κ2) is 9.12. The number of ether oxygens (including phenoxy) is 1. The summed E-state index contributed by atoms with van der Waals surface area (Å²) in [5.41, 5.74) is 0. The Bertz CT molecular complexity index is 535. The fourth-order valence-corrected chi connectivity index (χ4v) is 4.41. The first-order valence-electron chi connectivity index (χ1n) is 9.50. The van der Waals surface area contributed by atoms with Crippen molar-refractivity contribution in [2.24, 2.45) is 0 Å². The molecule has 2 fully saturated rings. The first-order chi connectivity index (χ1) is 12.1. The second-order valence-electron chi connectivity index (χ2n) is 7.38. The van der Waals surface area contributed by atoms with Gasteiger partial charge in [0.15, 0.2) is 0 Å². The molecule has 3 rings (SSSR count). The van der Waals surface area contributed by atoms with Crippen molar-refractivity contribution in [1.82, 2.24) is 14.7 Å². The molecular formula is C19H31N3O2S. The Balaban J connectivity index is 1.46. The number of carbonyl (C=O) groups is 1. The normalized spacial score (nSPS) is 23.8. The standard InChI is InChI=1S/C19H31N3O2S/c1-16(2)22-10-11-24-17(14-22)13-19(23)21-7-4-6-20(8-9-21)15-18-5-3-12-25-18/h3,5,12,16-17H,4,6-11,13-15H2,1-2H3/t17-/m0/s1. The number of amides is 1. The summed E-state index contributed by atoms with van der Waals surface area (Å²) >= 11 is 1.81. The molecule has 1 atom stereocenters. The lowest BCUT2D eigenvalue weighted by molar-refractivity contribution is -0.136. The van der Waals surface area contributed by atoms with Crippen molar-refractivity contribution in [2.75, 3.05) is 45.9 Å². The van der Waals surface area contributed by atoms with Crippen molar-refractivity contribution in [3.63, 3.8) is 0 Å². The first kappa shape index (κ1) is 18.8. The smallest absolute Gasteiger partial charge is 0.225 e. The number of hydrogen-bond donors (Lipinski definition) is 0. The van der Waals surface area contributed by atoms with Crippen LogP contribution in [0.1, 0.15) is 31.6 Å². The van der Waals surface area contributed by atoms with Gasteiger partial charge in [-0.05, 0) is 31.7 Å². The molecule has 3 heterocycles. The van der Waals surface area contributed by atoms with E-state index in [-0.39, 0.29) is 12.0 Å². The van der Waals surface area contributed by atoms with E-state index in [1.54, 1.807) is 0 Å². The molecule has 1 amide bonds. The summed E-state index contributed by atoms with van der Waals surface area (Å²) in [5, 5.41) is 2.13. The predicted molar refractivity (Wildman–Crippen MR) is 102 cm³/mol. The van der Waals surface area contributed by atoms with E-state index in [4.69, 9.17) is 4.74 Å². The Morgan fingerprint density at radius 3 is 2.92 bits per heavy atom. The van der Waals surface area contributed by atoms with Gasteiger partial charge in [0.05, 0.1) is 19.1 Å². The van der Waals surface area contributed by atoms with Crippen LogP contribution in [-0.2, 0) is 16.1 Å². The maximum atomic E-state index is 12.7. The summed E-state index contributed by atoms with van der Waals surface area (Å²) < 4.78 is 5.84. The van der Waals surface area contributed by atoms with Crippen LogP contribution in [-0.4, -0.2) is 78.6 Å². The van der Waals surface area contributed by atoms with Gasteiger partial charge in [-0.15, -0.1) is 11.3 Å². The summed E-state index contributed by atoms with van der Waals surface area (Å²) in [7, 11) is 0. The molecule has 140 valence electrons. The molecule has 25 heavy (non-hydrogen) atoms. The van der Waals surface area contributed by atoms with Gasteiger partial charge in [-0.25, -0.2) is 0 Å². The van der Waals surface area contributed by atoms with E-state index in [1.165, 1.54) is 4.88 Å². The van der Waals surface area contributed by atoms with Gasteiger partial charge in [-0.3, -0.25) is 14.6 Å². The van der Waals surface area contributed by atoms with Crippen LogP contribution >= 0.6 is 11.3 Å². The van der Waals surface area contributed by atoms with Crippen molar-refractivity contribution >= 4 is 17.2 Å². The maximum absolute atomic E-state index is 12.7. The van der Waals surface area contributed by atoms with E-state index in [9.17, 15) is 4.79 Å². The van der Waals surface area contributed by atoms with Crippen LogP contribution in [0.5, 0.6) is 0 Å². The van der Waals surface area contributed by atoms with Crippen LogP contribution in [0.3, 0.4) is 0 Å². The van der Waals surface area contributed by atoms with Crippen molar-refractivity contribution in [3.8, 4) is 0 Å². The fraction of sp³-hybridized carbons (Fsp3) is 0.737. The minimum atomic E-state index is 0.0501. The van der Waals surface area contributed by atoms with Crippen molar-refractivity contribution in [2.45, 2.75) is 45.4 Å². The molecule has 0 unspecified atom stereocenters. The van der Waals surface area contributed by atoms with Gasteiger partial charge in [-0.2, -0.15) is 0 Å². The van der Waals surface area contributed by atoms with E-state index in [1.807, 2.05) is 16.2 Å². The maximum Gasteiger partial charge on any atom is 0.225 e. The van der Waals surface area contributed by atoms with Gasteiger partial charge in [0.25, 0.3) is 0 Å². The molecule has 0 aromatic carbocycles. The molecule has 0 bridgehead atoms. The minimum absolute atomic E-state index is 0.0501. The Morgan fingerprint density at radius 2 is 2.16 bits per heavy atom. The van der Waals surface area contributed by atoms with Crippen LogP contribution in [0.2, 0.25) is 0 Å². The summed E-state index contributed by atoms with van der Waals surface area (Å²) in [6, 6.07) is 4.82. The van der Waals surface area contributed by atoms with Gasteiger partial charge < -0.3 is 9.64 Å². The zero-order chi connectivity index (χ0) is 17.6. The van der Waals surface area contributed by atoms with Gasteiger partial charge >= 0.3 is 0 Å². The highest BCUT2D eigenvalue weighted by molar-refractivity contribution is 7.09. The quantitative estimate of drug-likeness (QED) is 0.802. The van der Waals surface area contributed by atoms with E-state index in [0.29, 0.717) is 12.5 Å². The third kappa shape index (κ3) is 5.51. The molecule has 0 aliphatic carbocycles. The molecule has 0 saturated carbocycles. The van der Waals surface area contributed by atoms with Crippen molar-refractivity contribution < 1.29 is 9.53 Å². The highest BCUT2D eigenvalue weighted by atomic mass is 32.1. The lowest BCUT2D eigenvalue weighted by Crippen LogP contribution is -2.47. The Labute approximate surface area is 155 Å².